The van der Waals surface area contributed by atoms with Crippen molar-refractivity contribution < 1.29 is 91.7 Å². The molecule has 1 aliphatic carbocycles. The highest BCUT2D eigenvalue weighted by molar-refractivity contribution is 8.00. The lowest BCUT2D eigenvalue weighted by molar-refractivity contribution is -0.156. The number of hydrogen-bond acceptors (Lipinski definition) is 21. The summed E-state index contributed by atoms with van der Waals surface area (Å²) in [5, 5.41) is 34.6. The van der Waals surface area contributed by atoms with Gasteiger partial charge in [0.2, 0.25) is 59.1 Å². The van der Waals surface area contributed by atoms with Gasteiger partial charge in [-0.2, -0.15) is 23.5 Å². The van der Waals surface area contributed by atoms with Gasteiger partial charge in [0.1, 0.15) is 5.78 Å². The lowest BCUT2D eigenvalue weighted by Gasteiger charge is -2.41. The third-order valence-electron chi connectivity index (χ3n) is 17.8. The Kier molecular flexibility index (Phi) is 44.3. The van der Waals surface area contributed by atoms with Gasteiger partial charge in [0.15, 0.2) is 23.1 Å². The van der Waals surface area contributed by atoms with Crippen LogP contribution in [0.1, 0.15) is 129 Å². The molecule has 2 aliphatic heterocycles. The van der Waals surface area contributed by atoms with Gasteiger partial charge in [0, 0.05) is 79.9 Å². The summed E-state index contributed by atoms with van der Waals surface area (Å²) in [4.78, 5) is 216. The average molecular weight is 1610 g/mol. The van der Waals surface area contributed by atoms with Crippen LogP contribution in [0, 0.1) is 29.6 Å². The van der Waals surface area contributed by atoms with Gasteiger partial charge in [-0.05, 0) is 129 Å². The molecule has 2 saturated heterocycles. The van der Waals surface area contributed by atoms with Gasteiger partial charge in [0.05, 0.1) is 82.7 Å². The van der Waals surface area contributed by atoms with E-state index in [-0.39, 0.29) is 193 Å². The van der Waals surface area contributed by atoms with E-state index in [2.05, 4.69) is 58.2 Å². The maximum Gasteiger partial charge on any atom is 0.312 e. The number of amides is 14. The molecule has 0 unspecified atom stereocenters. The molecule has 14 amide bonds. The third-order valence-corrected chi connectivity index (χ3v) is 19.9. The monoisotopic (exact) mass is 1610 g/mol. The highest BCUT2D eigenvalue weighted by Gasteiger charge is 2.35. The molecule has 2 heterocycles. The number of allylic oxidation sites excluding steroid dienone is 2. The number of primary amides is 2. The molecule has 2 aromatic rings. The zero-order valence-electron chi connectivity index (χ0n) is 65.0. The lowest BCUT2D eigenvalue weighted by Crippen LogP contribution is -2.59. The number of unbranched alkanes of at least 4 members (excludes halogenated alkanes) is 2. The van der Waals surface area contributed by atoms with Crippen LogP contribution in [0.15, 0.2) is 111 Å². The number of anilines is 2. The number of rotatable bonds is 44. The topological polar surface area (TPSA) is 474 Å². The summed E-state index contributed by atoms with van der Waals surface area (Å²) in [6.45, 7) is 23.0. The number of nitrogens with one attached hydrogen (secondary N) is 6. The van der Waals surface area contributed by atoms with Crippen molar-refractivity contribution in [2.75, 3.05) is 86.7 Å². The van der Waals surface area contributed by atoms with Crippen molar-refractivity contribution in [2.45, 2.75) is 143 Å². The molecule has 0 aromatic heterocycles. The van der Waals surface area contributed by atoms with Crippen LogP contribution < -0.4 is 43.4 Å². The molecule has 12 N–H and O–H groups in total. The Labute approximate surface area is 667 Å². The Morgan fingerprint density at radius 1 is 0.487 bits per heavy atom. The Morgan fingerprint density at radius 2 is 0.841 bits per heavy atom. The van der Waals surface area contributed by atoms with Crippen molar-refractivity contribution in [1.29, 1.82) is 0 Å². The van der Waals surface area contributed by atoms with E-state index >= 15 is 0 Å². The van der Waals surface area contributed by atoms with E-state index in [4.69, 9.17) is 11.5 Å². The summed E-state index contributed by atoms with van der Waals surface area (Å²) >= 11 is 2.58. The van der Waals surface area contributed by atoms with Crippen molar-refractivity contribution in [3.63, 3.8) is 0 Å². The molecular weight excluding hydrogens is 1500 g/mol. The van der Waals surface area contributed by atoms with E-state index in [1.54, 1.807) is 62.4 Å². The van der Waals surface area contributed by atoms with E-state index in [1.807, 2.05) is 13.8 Å². The Morgan fingerprint density at radius 3 is 1.18 bits per heavy atom. The summed E-state index contributed by atoms with van der Waals surface area (Å²) in [6, 6.07) is 10.3. The van der Waals surface area contributed by atoms with Crippen LogP contribution in [0.2, 0.25) is 0 Å². The Bertz CT molecular complexity index is 3650. The average Bonchev–Trinajstić information content (AvgIpc) is 1.29. The molecule has 35 heteroatoms. The van der Waals surface area contributed by atoms with Crippen molar-refractivity contribution in [3.05, 3.63) is 122 Å². The number of nitrogens with two attached hydrogens (primary N) is 2. The first kappa shape index (κ1) is 96.5. The van der Waals surface area contributed by atoms with Crippen LogP contribution >= 0.6 is 23.5 Å². The summed E-state index contributed by atoms with van der Waals surface area (Å²) in [5.41, 5.74) is 12.6. The highest BCUT2D eigenvalue weighted by atomic mass is 32.2. The van der Waals surface area contributed by atoms with E-state index in [1.165, 1.54) is 72.0 Å². The van der Waals surface area contributed by atoms with E-state index in [0.29, 0.717) is 79.0 Å². The predicted molar refractivity (Wildman–Crippen MR) is 427 cm³/mol. The van der Waals surface area contributed by atoms with Crippen LogP contribution in [0.4, 0.5) is 21.0 Å². The standard InChI is InChI=1S/C33H47N7O8S.C30H42N4O7.C15H21N3O4S/c1-5-28(44)38-19-39(29(45)6-2)21-40(20-38)30(46)13-15-49-18-27(43)37-31(22(3)4)26(42)16-24(8-7-14-35-33(34)48)32(47)36-25-11-9-23(17-41)10-12-25;1-19(2)28(34-27(39)9-5-3-4-8-23-24(36)14-15-25(23)37)26(38)17-21(7-6-16-32-30(31)41)29(40)33-22-12-10-20(18-35)11-13-22;1-4-13(20)16-9-17(14(21)5-2)11-18(10-16)15(22)6-7-23-8-12(3)19/h5-6,9-12,22,24,31,41H,1-2,7-8,13-21H2,3-4H3,(H,36,47)(H,37,43)(H3,34,35,48);10-15,19,21,23,28,35H,3-9,16-18H2,1-2H3,(H,33,40)(H,34,39)(H3,31,32,41);4-5H,1-2,6-11H2,3H3/t24-,31+;21-,28+;/m11./s1. The van der Waals surface area contributed by atoms with Gasteiger partial charge in [-0.15, -0.1) is 0 Å². The van der Waals surface area contributed by atoms with E-state index in [0.717, 1.165) is 24.3 Å². The Hall–Kier alpha value is -10.7. The molecule has 4 atom stereocenters. The molecule has 0 radical (unpaired) electrons. The molecule has 0 spiro atoms. The summed E-state index contributed by atoms with van der Waals surface area (Å²) < 4.78 is 0. The minimum Gasteiger partial charge on any atom is -0.392 e. The predicted octanol–water partition coefficient (Wildman–Crippen LogP) is 4.15. The van der Waals surface area contributed by atoms with Crippen LogP contribution in [-0.4, -0.2) is 228 Å². The van der Waals surface area contributed by atoms with Crippen molar-refractivity contribution in [1.82, 2.24) is 50.7 Å². The van der Waals surface area contributed by atoms with Crippen molar-refractivity contribution >= 4 is 135 Å². The van der Waals surface area contributed by atoms with Crippen molar-refractivity contribution in [2.24, 2.45) is 41.1 Å². The second-order valence-electron chi connectivity index (χ2n) is 27.5. The number of thioether (sulfide) groups is 2. The quantitative estimate of drug-likeness (QED) is 0.0253. The second kappa shape index (κ2) is 51.8. The van der Waals surface area contributed by atoms with Crippen molar-refractivity contribution in [3.8, 4) is 0 Å². The number of carbonyl (C=O) groups is 17. The number of nitrogens with zero attached hydrogens (tertiary/aromatic N) is 6. The normalized spacial score (nSPS) is 14.3. The fourth-order valence-corrected chi connectivity index (χ4v) is 13.1. The number of urea groups is 2. The number of Topliss-reactive ketones (excluding diaryl/α,β-unsaturated/α-hetero) is 3. The molecule has 0 bridgehead atoms. The van der Waals surface area contributed by atoms with Crippen LogP contribution in [0.3, 0.4) is 0 Å². The second-order valence-corrected chi connectivity index (χ2v) is 29.7. The molecule has 2 aromatic carbocycles. The maximum absolute atomic E-state index is 13.5. The SMILES string of the molecule is C=CC(=O)N1CN(C(=O)C=C)CN(C(=O)CCSCC(=O)N[C@H](C(=O)C[C@@H](CCCNC(N)=O)C(=O)Nc2ccc(CO)cc2)C(C)C)C1.C=CC(=O)N1CN(C(=O)C=C)CN(C(=O)CCSCC(C)=O)C1.CC(C)[C@H](NC(=O)CCCCCC1C(=O)C=CC1=O)C(=O)C[C@@H](CCCNC(N)=O)C(=O)Nc1ccc(CO)cc1. The van der Waals surface area contributed by atoms with E-state index < -0.39 is 65.5 Å². The third kappa shape index (κ3) is 36.2. The first-order valence-corrected chi connectivity index (χ1v) is 39.3. The molecule has 618 valence electrons. The first-order valence-electron chi connectivity index (χ1n) is 37.0. The minimum absolute atomic E-state index is 0.00127. The maximum atomic E-state index is 13.5. The summed E-state index contributed by atoms with van der Waals surface area (Å²) in [6.07, 6.45) is 11.1. The van der Waals surface area contributed by atoms with Crippen LogP contribution in [0.25, 0.3) is 0 Å². The van der Waals surface area contributed by atoms with Crippen LogP contribution in [0.5, 0.6) is 0 Å². The van der Waals surface area contributed by atoms with Gasteiger partial charge in [-0.1, -0.05) is 91.1 Å². The van der Waals surface area contributed by atoms with Gasteiger partial charge >= 0.3 is 12.1 Å². The zero-order valence-corrected chi connectivity index (χ0v) is 66.7. The molecule has 3 aliphatic rings. The molecule has 33 nitrogen and oxygen atoms in total. The van der Waals surface area contributed by atoms with Gasteiger partial charge < -0.3 is 83.0 Å². The highest BCUT2D eigenvalue weighted by Crippen LogP contribution is 2.24. The lowest BCUT2D eigenvalue weighted by atomic mass is 9.89. The van der Waals surface area contributed by atoms with E-state index in [9.17, 15) is 91.7 Å². The Balaban J connectivity index is 0.000000466. The summed E-state index contributed by atoms with van der Waals surface area (Å²) in [7, 11) is 0. The molecular formula is C78H110N14O19S2. The number of aliphatic hydroxyl groups is 2. The largest absolute Gasteiger partial charge is 0.392 e. The number of carbonyl (C=O) groups excluding carboxylic acids is 17. The van der Waals surface area contributed by atoms with Gasteiger partial charge in [-0.3, -0.25) is 71.9 Å². The molecule has 5 rings (SSSR count). The molecule has 0 saturated carbocycles. The minimum atomic E-state index is -0.868. The number of benzene rings is 2. The van der Waals surface area contributed by atoms with Gasteiger partial charge in [0.25, 0.3) is 0 Å². The zero-order chi connectivity index (χ0) is 84.3. The van der Waals surface area contributed by atoms with Gasteiger partial charge in [-0.25, -0.2) is 9.59 Å². The summed E-state index contributed by atoms with van der Waals surface area (Å²) in [5.74, 6) is -5.79. The fourth-order valence-electron chi connectivity index (χ4n) is 11.6. The fraction of sp³-hybridized carbons (Fsp3) is 0.500. The first-order chi connectivity index (χ1) is 53.7. The number of ketones is 5. The molecule has 113 heavy (non-hydrogen) atoms. The smallest absolute Gasteiger partial charge is 0.312 e. The number of hydrogen-bond donors (Lipinski definition) is 10. The number of aliphatic hydroxyl groups excluding tert-OH is 2. The van der Waals surface area contributed by atoms with Crippen LogP contribution in [-0.2, 0) is 85.1 Å². The molecule has 2 fully saturated rings.